The van der Waals surface area contributed by atoms with Crippen molar-refractivity contribution in [3.05, 3.63) is 48.7 Å². The molecular formula is C15H15N3O3. The van der Waals surface area contributed by atoms with Crippen LogP contribution < -0.4 is 10.2 Å². The summed E-state index contributed by atoms with van der Waals surface area (Å²) in [5.74, 6) is -0.402. The van der Waals surface area contributed by atoms with Crippen LogP contribution in [0.4, 0.5) is 5.69 Å². The van der Waals surface area contributed by atoms with Crippen molar-refractivity contribution in [2.24, 2.45) is 0 Å². The monoisotopic (exact) mass is 285 g/mol. The first-order valence-corrected chi connectivity index (χ1v) is 6.80. The zero-order valence-electron chi connectivity index (χ0n) is 11.4. The molecule has 21 heavy (non-hydrogen) atoms. The molecule has 0 aromatic carbocycles. The van der Waals surface area contributed by atoms with Gasteiger partial charge in [0.1, 0.15) is 12.3 Å². The molecule has 1 N–H and O–H groups in total. The van der Waals surface area contributed by atoms with Gasteiger partial charge in [0.2, 0.25) is 5.91 Å². The van der Waals surface area contributed by atoms with Crippen LogP contribution in [0.15, 0.2) is 47.5 Å². The van der Waals surface area contributed by atoms with E-state index in [-0.39, 0.29) is 11.8 Å². The van der Waals surface area contributed by atoms with Crippen molar-refractivity contribution in [1.29, 1.82) is 0 Å². The summed E-state index contributed by atoms with van der Waals surface area (Å²) in [6, 6.07) is 4.68. The Bertz CT molecular complexity index is 625. The SMILES string of the molecule is O=C(NC1CCCN(c2cccnc2)C1=O)c1ccoc1. The number of furan rings is 1. The normalized spacial score (nSPS) is 18.6. The fourth-order valence-electron chi connectivity index (χ4n) is 2.41. The number of nitrogens with one attached hydrogen (secondary N) is 1. The molecule has 1 aliphatic rings. The Labute approximate surface area is 121 Å². The van der Waals surface area contributed by atoms with Crippen molar-refractivity contribution in [2.75, 3.05) is 11.4 Å². The Morgan fingerprint density at radius 3 is 3.05 bits per heavy atom. The van der Waals surface area contributed by atoms with Crippen LogP contribution in [0.25, 0.3) is 0 Å². The van der Waals surface area contributed by atoms with Crippen LogP contribution in [-0.2, 0) is 4.79 Å². The highest BCUT2D eigenvalue weighted by atomic mass is 16.3. The molecule has 2 amide bonds. The van der Waals surface area contributed by atoms with Gasteiger partial charge in [-0.1, -0.05) is 0 Å². The van der Waals surface area contributed by atoms with E-state index < -0.39 is 6.04 Å². The second kappa shape index (κ2) is 5.78. The van der Waals surface area contributed by atoms with Gasteiger partial charge in [-0.15, -0.1) is 0 Å². The summed E-state index contributed by atoms with van der Waals surface area (Å²) < 4.78 is 4.88. The molecule has 0 spiro atoms. The topological polar surface area (TPSA) is 75.4 Å². The van der Waals surface area contributed by atoms with E-state index in [9.17, 15) is 9.59 Å². The molecular weight excluding hydrogens is 270 g/mol. The second-order valence-corrected chi connectivity index (χ2v) is 4.88. The van der Waals surface area contributed by atoms with Crippen LogP contribution in [0.5, 0.6) is 0 Å². The van der Waals surface area contributed by atoms with Gasteiger partial charge in [0.15, 0.2) is 0 Å². The third-order valence-corrected chi connectivity index (χ3v) is 3.48. The molecule has 108 valence electrons. The summed E-state index contributed by atoms with van der Waals surface area (Å²) in [5.41, 5.74) is 1.17. The van der Waals surface area contributed by atoms with Gasteiger partial charge in [0.05, 0.1) is 23.7 Å². The van der Waals surface area contributed by atoms with Crippen LogP contribution in [0.1, 0.15) is 23.2 Å². The minimum atomic E-state index is -0.513. The number of piperidine rings is 1. The standard InChI is InChI=1S/C15H15N3O3/c19-14(11-5-8-21-10-11)17-13-4-2-7-18(15(13)20)12-3-1-6-16-9-12/h1,3,5-6,8-10,13H,2,4,7H2,(H,17,19). The van der Waals surface area contributed by atoms with Gasteiger partial charge in [-0.05, 0) is 31.0 Å². The van der Waals surface area contributed by atoms with Gasteiger partial charge >= 0.3 is 0 Å². The number of carbonyl (C=O) groups is 2. The molecule has 3 rings (SSSR count). The lowest BCUT2D eigenvalue weighted by molar-refractivity contribution is -0.121. The van der Waals surface area contributed by atoms with Crippen LogP contribution >= 0.6 is 0 Å². The summed E-state index contributed by atoms with van der Waals surface area (Å²) in [4.78, 5) is 30.2. The number of nitrogens with zero attached hydrogens (tertiary/aromatic N) is 2. The maximum absolute atomic E-state index is 12.5. The Morgan fingerprint density at radius 2 is 2.33 bits per heavy atom. The Kier molecular flexibility index (Phi) is 3.68. The van der Waals surface area contributed by atoms with E-state index in [0.29, 0.717) is 18.5 Å². The Morgan fingerprint density at radius 1 is 1.43 bits per heavy atom. The fourth-order valence-corrected chi connectivity index (χ4v) is 2.41. The lowest BCUT2D eigenvalue weighted by Crippen LogP contribution is -2.52. The zero-order valence-corrected chi connectivity index (χ0v) is 11.4. The minimum Gasteiger partial charge on any atom is -0.472 e. The molecule has 1 aliphatic heterocycles. The van der Waals surface area contributed by atoms with Gasteiger partial charge in [0, 0.05) is 12.7 Å². The van der Waals surface area contributed by atoms with Crippen molar-refractivity contribution < 1.29 is 14.0 Å². The summed E-state index contributed by atoms with van der Waals surface area (Å²) in [6.07, 6.45) is 7.57. The number of pyridine rings is 1. The molecule has 6 nitrogen and oxygen atoms in total. The number of hydrogen-bond acceptors (Lipinski definition) is 4. The molecule has 0 radical (unpaired) electrons. The smallest absolute Gasteiger partial charge is 0.255 e. The Balaban J connectivity index is 1.72. The van der Waals surface area contributed by atoms with E-state index in [1.807, 2.05) is 6.07 Å². The number of carbonyl (C=O) groups excluding carboxylic acids is 2. The third kappa shape index (κ3) is 2.79. The zero-order chi connectivity index (χ0) is 14.7. The van der Waals surface area contributed by atoms with E-state index in [4.69, 9.17) is 4.42 Å². The molecule has 3 heterocycles. The van der Waals surface area contributed by atoms with E-state index in [2.05, 4.69) is 10.3 Å². The first-order chi connectivity index (χ1) is 10.3. The molecule has 6 heteroatoms. The molecule has 2 aromatic heterocycles. The number of rotatable bonds is 3. The highest BCUT2D eigenvalue weighted by Crippen LogP contribution is 2.20. The number of anilines is 1. The predicted octanol–water partition coefficient (Wildman–Crippen LogP) is 1.60. The third-order valence-electron chi connectivity index (χ3n) is 3.48. The van der Waals surface area contributed by atoms with E-state index in [1.54, 1.807) is 29.4 Å². The van der Waals surface area contributed by atoms with E-state index >= 15 is 0 Å². The lowest BCUT2D eigenvalue weighted by atomic mass is 10.0. The number of hydrogen-bond donors (Lipinski definition) is 1. The van der Waals surface area contributed by atoms with Crippen LogP contribution in [0, 0.1) is 0 Å². The summed E-state index contributed by atoms with van der Waals surface area (Å²) in [7, 11) is 0. The average Bonchev–Trinajstić information content (AvgIpc) is 3.05. The predicted molar refractivity (Wildman–Crippen MR) is 75.8 cm³/mol. The van der Waals surface area contributed by atoms with Crippen LogP contribution in [0.3, 0.4) is 0 Å². The van der Waals surface area contributed by atoms with E-state index in [0.717, 1.165) is 12.1 Å². The minimum absolute atomic E-state index is 0.105. The van der Waals surface area contributed by atoms with Gasteiger partial charge in [-0.25, -0.2) is 0 Å². The first-order valence-electron chi connectivity index (χ1n) is 6.80. The van der Waals surface area contributed by atoms with Crippen molar-refractivity contribution in [1.82, 2.24) is 10.3 Å². The van der Waals surface area contributed by atoms with Crippen LogP contribution in [0.2, 0.25) is 0 Å². The summed E-state index contributed by atoms with van der Waals surface area (Å²) >= 11 is 0. The number of aromatic nitrogens is 1. The van der Waals surface area contributed by atoms with Gasteiger partial charge in [-0.2, -0.15) is 0 Å². The fraction of sp³-hybridized carbons (Fsp3) is 0.267. The maximum atomic E-state index is 12.5. The van der Waals surface area contributed by atoms with Gasteiger partial charge in [-0.3, -0.25) is 14.6 Å². The Hall–Kier alpha value is -2.63. The van der Waals surface area contributed by atoms with Gasteiger partial charge in [0.25, 0.3) is 5.91 Å². The highest BCUT2D eigenvalue weighted by Gasteiger charge is 2.31. The molecule has 0 bridgehead atoms. The highest BCUT2D eigenvalue weighted by molar-refractivity contribution is 6.02. The molecule has 0 aliphatic carbocycles. The van der Waals surface area contributed by atoms with Crippen molar-refractivity contribution in [2.45, 2.75) is 18.9 Å². The van der Waals surface area contributed by atoms with Crippen LogP contribution in [-0.4, -0.2) is 29.4 Å². The van der Waals surface area contributed by atoms with Crippen molar-refractivity contribution >= 4 is 17.5 Å². The molecule has 1 fully saturated rings. The largest absolute Gasteiger partial charge is 0.472 e. The van der Waals surface area contributed by atoms with Crippen molar-refractivity contribution in [3.8, 4) is 0 Å². The second-order valence-electron chi connectivity index (χ2n) is 4.88. The molecule has 1 saturated heterocycles. The van der Waals surface area contributed by atoms with E-state index in [1.165, 1.54) is 12.5 Å². The average molecular weight is 285 g/mol. The molecule has 1 atom stereocenters. The number of amides is 2. The molecule has 2 aromatic rings. The first kappa shape index (κ1) is 13.4. The molecule has 1 unspecified atom stereocenters. The maximum Gasteiger partial charge on any atom is 0.255 e. The molecule has 0 saturated carbocycles. The van der Waals surface area contributed by atoms with Gasteiger partial charge < -0.3 is 14.6 Å². The quantitative estimate of drug-likeness (QED) is 0.929. The lowest BCUT2D eigenvalue weighted by Gasteiger charge is -2.32. The van der Waals surface area contributed by atoms with Crippen molar-refractivity contribution in [3.63, 3.8) is 0 Å². The summed E-state index contributed by atoms with van der Waals surface area (Å²) in [6.45, 7) is 0.641. The summed E-state index contributed by atoms with van der Waals surface area (Å²) in [5, 5.41) is 2.76.